The zero-order valence-electron chi connectivity index (χ0n) is 19.4. The molecule has 194 valence electrons. The van der Waals surface area contributed by atoms with Crippen molar-refractivity contribution in [3.63, 3.8) is 0 Å². The van der Waals surface area contributed by atoms with E-state index < -0.39 is 32.2 Å². The number of hydrogen-bond donors (Lipinski definition) is 2. The number of amides is 1. The van der Waals surface area contributed by atoms with Gasteiger partial charge < -0.3 is 19.5 Å². The van der Waals surface area contributed by atoms with Gasteiger partial charge >= 0.3 is 6.09 Å². The van der Waals surface area contributed by atoms with Crippen LogP contribution in [0.5, 0.6) is 0 Å². The number of carbonyl (C=O) groups is 1. The van der Waals surface area contributed by atoms with Crippen LogP contribution in [0.1, 0.15) is 36.1 Å². The molecule has 11 nitrogen and oxygen atoms in total. The van der Waals surface area contributed by atoms with Crippen LogP contribution >= 0.6 is 11.3 Å². The maximum absolute atomic E-state index is 13.2. The number of fused-ring (bicyclic) bond motifs is 1. The summed E-state index contributed by atoms with van der Waals surface area (Å²) in [5.41, 5.74) is 1.45. The minimum absolute atomic E-state index is 0.0734. The molecule has 0 radical (unpaired) electrons. The number of hydrogen-bond acceptors (Lipinski definition) is 9. The van der Waals surface area contributed by atoms with Gasteiger partial charge in [0.2, 0.25) is 10.0 Å². The average Bonchev–Trinajstić information content (AvgIpc) is 3.28. The molecule has 35 heavy (non-hydrogen) atoms. The van der Waals surface area contributed by atoms with E-state index in [4.69, 9.17) is 14.6 Å². The van der Waals surface area contributed by atoms with Crippen molar-refractivity contribution in [2.45, 2.75) is 41.0 Å². The lowest BCUT2D eigenvalue weighted by Crippen LogP contribution is -2.47. The first-order chi connectivity index (χ1) is 16.5. The number of benzene rings is 1. The monoisotopic (exact) mass is 547 g/mol. The normalized spacial score (nSPS) is 17.7. The van der Waals surface area contributed by atoms with Gasteiger partial charge in [0.1, 0.15) is 15.0 Å². The number of aliphatic hydroxyl groups is 1. The highest BCUT2D eigenvalue weighted by molar-refractivity contribution is 7.94. The number of methoxy groups -OCH3 is 1. The molecule has 0 saturated carbocycles. The van der Waals surface area contributed by atoms with E-state index in [1.165, 1.54) is 22.4 Å². The van der Waals surface area contributed by atoms with E-state index in [2.05, 4.69) is 0 Å². The van der Waals surface area contributed by atoms with Crippen molar-refractivity contribution in [1.29, 1.82) is 0 Å². The van der Waals surface area contributed by atoms with Crippen molar-refractivity contribution >= 4 is 37.5 Å². The number of rotatable bonds is 10. The third-order valence-corrected chi connectivity index (χ3v) is 10.6. The Hall–Kier alpha value is -2.07. The molecule has 1 aromatic carbocycles. The maximum atomic E-state index is 13.2. The zero-order valence-corrected chi connectivity index (χ0v) is 21.9. The molecule has 0 fully saturated rings. The fraction of sp³-hybridized carbons (Fsp3) is 0.476. The second-order valence-corrected chi connectivity index (χ2v) is 12.8. The Kier molecular flexibility index (Phi) is 8.91. The van der Waals surface area contributed by atoms with Crippen LogP contribution in [0.15, 0.2) is 38.8 Å². The van der Waals surface area contributed by atoms with Gasteiger partial charge in [-0.3, -0.25) is 0 Å². The molecule has 1 atom stereocenters. The molecule has 0 unspecified atom stereocenters. The molecular formula is C21H29N3O8S3. The van der Waals surface area contributed by atoms with Gasteiger partial charge in [0.15, 0.2) is 0 Å². The summed E-state index contributed by atoms with van der Waals surface area (Å²) in [5.74, 6) is 0. The molecule has 1 amide bonds. The van der Waals surface area contributed by atoms with Gasteiger partial charge in [-0.05, 0) is 30.5 Å². The van der Waals surface area contributed by atoms with Crippen molar-refractivity contribution in [3.05, 3.63) is 47.0 Å². The number of ether oxygens (including phenoxy) is 2. The quantitative estimate of drug-likeness (QED) is 0.425. The predicted octanol–water partition coefficient (Wildman–Crippen LogP) is 1.63. The van der Waals surface area contributed by atoms with E-state index in [1.54, 1.807) is 31.2 Å². The van der Waals surface area contributed by atoms with Gasteiger partial charge in [-0.25, -0.2) is 26.8 Å². The predicted molar refractivity (Wildman–Crippen MR) is 129 cm³/mol. The number of nitrogens with two attached hydrogens (primary N) is 1. The first-order valence-electron chi connectivity index (χ1n) is 10.8. The fourth-order valence-electron chi connectivity index (χ4n) is 3.86. The summed E-state index contributed by atoms with van der Waals surface area (Å²) in [6.45, 7) is 1.98. The highest BCUT2D eigenvalue weighted by atomic mass is 32.3. The van der Waals surface area contributed by atoms with Crippen molar-refractivity contribution in [2.75, 3.05) is 33.4 Å². The van der Waals surface area contributed by atoms with Crippen molar-refractivity contribution < 1.29 is 36.2 Å². The highest BCUT2D eigenvalue weighted by Gasteiger charge is 2.43. The van der Waals surface area contributed by atoms with Gasteiger partial charge in [-0.1, -0.05) is 24.3 Å². The van der Waals surface area contributed by atoms with E-state index in [-0.39, 0.29) is 46.8 Å². The summed E-state index contributed by atoms with van der Waals surface area (Å²) in [6.07, 6.45) is -0.282. The average molecular weight is 548 g/mol. The third-order valence-electron chi connectivity index (χ3n) is 5.64. The van der Waals surface area contributed by atoms with Crippen LogP contribution in [-0.2, 0) is 42.7 Å². The van der Waals surface area contributed by atoms with Crippen molar-refractivity contribution in [2.24, 2.45) is 5.14 Å². The van der Waals surface area contributed by atoms with Gasteiger partial charge in [-0.2, -0.15) is 4.31 Å². The number of sulfonamides is 2. The minimum atomic E-state index is -4.16. The van der Waals surface area contributed by atoms with E-state index in [0.29, 0.717) is 35.5 Å². The van der Waals surface area contributed by atoms with Crippen LogP contribution in [0.3, 0.4) is 0 Å². The zero-order chi connectivity index (χ0) is 25.8. The molecule has 0 spiro atoms. The Balaban J connectivity index is 1.95. The van der Waals surface area contributed by atoms with Gasteiger partial charge in [0, 0.05) is 38.9 Å². The number of thiophene rings is 1. The Morgan fingerprint density at radius 1 is 1.31 bits per heavy atom. The smallest absolute Gasteiger partial charge is 0.410 e. The molecule has 2 heterocycles. The molecule has 1 aliphatic heterocycles. The Morgan fingerprint density at radius 3 is 2.60 bits per heavy atom. The SMILES string of the molecule is CCN(C(=O)OCc1ccccc1CO)[C@H]1CN(CCCOC)S(=O)(=O)c2sc(S(N)(=O)=O)cc21. The molecule has 2 aromatic rings. The largest absolute Gasteiger partial charge is 0.445 e. The van der Waals surface area contributed by atoms with Crippen LogP contribution in [0.2, 0.25) is 0 Å². The maximum Gasteiger partial charge on any atom is 0.410 e. The summed E-state index contributed by atoms with van der Waals surface area (Å²) in [4.78, 5) is 14.5. The van der Waals surface area contributed by atoms with E-state index in [9.17, 15) is 26.7 Å². The number of likely N-dealkylation sites (N-methyl/N-ethyl adjacent to an activating group) is 1. The Morgan fingerprint density at radius 2 is 2.00 bits per heavy atom. The lowest BCUT2D eigenvalue weighted by atomic mass is 10.1. The van der Waals surface area contributed by atoms with Crippen LogP contribution in [0.4, 0.5) is 4.79 Å². The summed E-state index contributed by atoms with van der Waals surface area (Å²) in [5, 5.41) is 14.8. The number of aliphatic hydroxyl groups excluding tert-OH is 1. The van der Waals surface area contributed by atoms with Crippen molar-refractivity contribution in [3.8, 4) is 0 Å². The summed E-state index contributed by atoms with van der Waals surface area (Å²) < 4.78 is 61.8. The molecule has 0 bridgehead atoms. The number of carbonyl (C=O) groups excluding carboxylic acids is 1. The van der Waals surface area contributed by atoms with E-state index >= 15 is 0 Å². The third kappa shape index (κ3) is 6.02. The molecule has 3 rings (SSSR count). The fourth-order valence-corrected chi connectivity index (χ4v) is 8.15. The first kappa shape index (κ1) is 27.5. The van der Waals surface area contributed by atoms with Crippen LogP contribution in [0.25, 0.3) is 0 Å². The second-order valence-electron chi connectivity index (χ2n) is 7.85. The molecule has 0 saturated heterocycles. The molecular weight excluding hydrogens is 518 g/mol. The minimum Gasteiger partial charge on any atom is -0.445 e. The topological polar surface area (TPSA) is 157 Å². The Bertz CT molecular complexity index is 1260. The standard InChI is InChI=1S/C21H29N3O8S3/c1-3-24(21(26)32-14-16-8-5-4-7-15(16)13-25)18-12-23(9-6-10-31-2)35(29,30)20-17(18)11-19(33-20)34(22,27)28/h4-5,7-8,11,18,25H,3,6,9-10,12-14H2,1-2H3,(H2,22,27,28)/t18-/m0/s1. The molecule has 1 aliphatic rings. The van der Waals surface area contributed by atoms with Gasteiger partial charge in [0.05, 0.1) is 12.6 Å². The lowest BCUT2D eigenvalue weighted by Gasteiger charge is -2.37. The Labute approximate surface area is 209 Å². The summed E-state index contributed by atoms with van der Waals surface area (Å²) in [6, 6.07) is 7.41. The molecule has 1 aromatic heterocycles. The van der Waals surface area contributed by atoms with E-state index in [1.807, 2.05) is 0 Å². The molecule has 14 heteroatoms. The molecule has 3 N–H and O–H groups in total. The summed E-state index contributed by atoms with van der Waals surface area (Å²) >= 11 is 0.570. The number of primary sulfonamides is 1. The van der Waals surface area contributed by atoms with Gasteiger partial charge in [-0.15, -0.1) is 11.3 Å². The highest BCUT2D eigenvalue weighted by Crippen LogP contribution is 2.42. The van der Waals surface area contributed by atoms with Gasteiger partial charge in [0.25, 0.3) is 10.0 Å². The molecule has 0 aliphatic carbocycles. The summed E-state index contributed by atoms with van der Waals surface area (Å²) in [7, 11) is -6.65. The lowest BCUT2D eigenvalue weighted by molar-refractivity contribution is 0.0752. The second kappa shape index (κ2) is 11.3. The van der Waals surface area contributed by atoms with E-state index in [0.717, 1.165) is 0 Å². The van der Waals surface area contributed by atoms with Crippen molar-refractivity contribution in [1.82, 2.24) is 9.21 Å². The van der Waals surface area contributed by atoms with Crippen LogP contribution in [0, 0.1) is 0 Å². The number of nitrogens with zero attached hydrogens (tertiary/aromatic N) is 2. The van der Waals surface area contributed by atoms with Crippen LogP contribution in [-0.4, -0.2) is 70.6 Å². The van der Waals surface area contributed by atoms with Crippen LogP contribution < -0.4 is 5.14 Å². The first-order valence-corrected chi connectivity index (χ1v) is 14.6.